The van der Waals surface area contributed by atoms with Gasteiger partial charge in [-0.3, -0.25) is 0 Å². The van der Waals surface area contributed by atoms with Crippen LogP contribution in [0.1, 0.15) is 32.1 Å². The van der Waals surface area contributed by atoms with Crippen LogP contribution in [0, 0.1) is 0 Å². The molecule has 3 rings (SSSR count). The predicted octanol–water partition coefficient (Wildman–Crippen LogP) is 1.42. The highest BCUT2D eigenvalue weighted by molar-refractivity contribution is 7.89. The van der Waals surface area contributed by atoms with Crippen LogP contribution in [-0.2, 0) is 10.0 Å². The van der Waals surface area contributed by atoms with E-state index in [0.29, 0.717) is 10.6 Å². The molecule has 6 heteroatoms. The van der Waals surface area contributed by atoms with Gasteiger partial charge in [0, 0.05) is 18.1 Å². The number of nitrogens with one attached hydrogen (secondary N) is 2. The number of hydrogen-bond acceptors (Lipinski definition) is 4. The van der Waals surface area contributed by atoms with E-state index in [9.17, 15) is 8.42 Å². The number of rotatable bonds is 5. The lowest BCUT2D eigenvalue weighted by Crippen LogP contribution is -2.36. The predicted molar refractivity (Wildman–Crippen MR) is 79.0 cm³/mol. The van der Waals surface area contributed by atoms with E-state index < -0.39 is 10.0 Å². The maximum Gasteiger partial charge on any atom is 0.242 e. The topological polar surface area (TPSA) is 84.2 Å². The minimum atomic E-state index is -3.44. The molecule has 0 bridgehead atoms. The number of anilines is 1. The van der Waals surface area contributed by atoms with E-state index in [0.717, 1.165) is 32.1 Å². The summed E-state index contributed by atoms with van der Waals surface area (Å²) in [5, 5.41) is 3.31. The zero-order chi connectivity index (χ0) is 14.2. The highest BCUT2D eigenvalue weighted by Gasteiger charge is 2.30. The molecule has 2 fully saturated rings. The second-order valence-electron chi connectivity index (χ2n) is 5.74. The molecule has 1 aromatic rings. The highest BCUT2D eigenvalue weighted by Crippen LogP contribution is 2.28. The zero-order valence-electron chi connectivity index (χ0n) is 11.4. The quantitative estimate of drug-likeness (QED) is 0.767. The van der Waals surface area contributed by atoms with Gasteiger partial charge in [-0.25, -0.2) is 13.1 Å². The van der Waals surface area contributed by atoms with Crippen molar-refractivity contribution in [2.75, 3.05) is 5.32 Å². The molecule has 5 nitrogen and oxygen atoms in total. The molecule has 20 heavy (non-hydrogen) atoms. The van der Waals surface area contributed by atoms with Gasteiger partial charge in [0.1, 0.15) is 4.90 Å². The first-order valence-electron chi connectivity index (χ1n) is 7.20. The molecule has 0 spiro atoms. The van der Waals surface area contributed by atoms with Crippen molar-refractivity contribution < 1.29 is 8.42 Å². The van der Waals surface area contributed by atoms with Crippen LogP contribution < -0.4 is 15.8 Å². The highest BCUT2D eigenvalue weighted by atomic mass is 32.2. The van der Waals surface area contributed by atoms with Gasteiger partial charge in [0.15, 0.2) is 0 Å². The van der Waals surface area contributed by atoms with Crippen LogP contribution in [0.3, 0.4) is 0 Å². The third-order valence-electron chi connectivity index (χ3n) is 3.99. The molecule has 1 aromatic carbocycles. The van der Waals surface area contributed by atoms with Crippen molar-refractivity contribution in [3.8, 4) is 0 Å². The van der Waals surface area contributed by atoms with Gasteiger partial charge < -0.3 is 11.1 Å². The van der Waals surface area contributed by atoms with Crippen LogP contribution in [-0.4, -0.2) is 26.5 Å². The van der Waals surface area contributed by atoms with Crippen LogP contribution in [0.5, 0.6) is 0 Å². The van der Waals surface area contributed by atoms with E-state index in [1.54, 1.807) is 12.1 Å². The molecule has 0 aliphatic heterocycles. The summed E-state index contributed by atoms with van der Waals surface area (Å²) in [6.07, 6.45) is 4.94. The van der Waals surface area contributed by atoms with Gasteiger partial charge >= 0.3 is 0 Å². The summed E-state index contributed by atoms with van der Waals surface area (Å²) in [5.74, 6) is 0. The van der Waals surface area contributed by atoms with Gasteiger partial charge in [-0.05, 0) is 44.2 Å². The first-order valence-corrected chi connectivity index (χ1v) is 8.68. The first kappa shape index (κ1) is 13.9. The Hall–Kier alpha value is -1.11. The molecule has 2 unspecified atom stereocenters. The molecule has 0 radical (unpaired) electrons. The smallest absolute Gasteiger partial charge is 0.242 e. The normalized spacial score (nSPS) is 26.6. The van der Waals surface area contributed by atoms with Crippen molar-refractivity contribution in [2.45, 2.75) is 55.1 Å². The number of nitrogens with two attached hydrogens (primary N) is 1. The Morgan fingerprint density at radius 1 is 1.10 bits per heavy atom. The van der Waals surface area contributed by atoms with E-state index >= 15 is 0 Å². The Labute approximate surface area is 120 Å². The van der Waals surface area contributed by atoms with Crippen molar-refractivity contribution >= 4 is 15.7 Å². The summed E-state index contributed by atoms with van der Waals surface area (Å²) < 4.78 is 27.5. The average molecular weight is 295 g/mol. The maximum absolute atomic E-state index is 12.4. The maximum atomic E-state index is 12.4. The molecule has 0 saturated heterocycles. The summed E-state index contributed by atoms with van der Waals surface area (Å²) >= 11 is 0. The van der Waals surface area contributed by atoms with Crippen molar-refractivity contribution in [1.29, 1.82) is 0 Å². The van der Waals surface area contributed by atoms with Gasteiger partial charge in [-0.2, -0.15) is 0 Å². The van der Waals surface area contributed by atoms with E-state index in [1.165, 1.54) is 0 Å². The molecule has 0 heterocycles. The molecule has 110 valence electrons. The second kappa shape index (κ2) is 5.35. The number of hydrogen-bond donors (Lipinski definition) is 3. The van der Waals surface area contributed by atoms with Gasteiger partial charge in [-0.15, -0.1) is 0 Å². The number of para-hydroxylation sites is 1. The van der Waals surface area contributed by atoms with Crippen LogP contribution in [0.25, 0.3) is 0 Å². The van der Waals surface area contributed by atoms with Crippen LogP contribution in [0.2, 0.25) is 0 Å². The fourth-order valence-electron chi connectivity index (χ4n) is 2.67. The Morgan fingerprint density at radius 3 is 2.50 bits per heavy atom. The van der Waals surface area contributed by atoms with Gasteiger partial charge in [0.25, 0.3) is 0 Å². The Bertz CT molecular complexity index is 584. The lowest BCUT2D eigenvalue weighted by Gasteiger charge is -2.21. The first-order chi connectivity index (χ1) is 9.56. The van der Waals surface area contributed by atoms with E-state index in [1.807, 2.05) is 12.1 Å². The average Bonchev–Trinajstić information content (AvgIpc) is 3.12. The lowest BCUT2D eigenvalue weighted by molar-refractivity contribution is 0.580. The molecule has 2 atom stereocenters. The Morgan fingerprint density at radius 2 is 1.85 bits per heavy atom. The van der Waals surface area contributed by atoms with Gasteiger partial charge in [0.2, 0.25) is 10.0 Å². The van der Waals surface area contributed by atoms with Crippen LogP contribution in [0.4, 0.5) is 5.69 Å². The minimum absolute atomic E-state index is 0.0992. The SMILES string of the molecule is NC1CCCC1Nc1ccccc1S(=O)(=O)NC1CC1. The summed E-state index contributed by atoms with van der Waals surface area (Å²) in [4.78, 5) is 0.325. The number of benzene rings is 1. The third-order valence-corrected chi connectivity index (χ3v) is 5.56. The lowest BCUT2D eigenvalue weighted by atomic mass is 10.2. The third kappa shape index (κ3) is 2.97. The summed E-state index contributed by atoms with van der Waals surface area (Å²) in [6.45, 7) is 0. The molecular formula is C14H21N3O2S. The van der Waals surface area contributed by atoms with Crippen molar-refractivity contribution in [2.24, 2.45) is 5.73 Å². The largest absolute Gasteiger partial charge is 0.380 e. The minimum Gasteiger partial charge on any atom is -0.380 e. The Balaban J connectivity index is 1.83. The van der Waals surface area contributed by atoms with Crippen LogP contribution in [0.15, 0.2) is 29.2 Å². The van der Waals surface area contributed by atoms with E-state index in [4.69, 9.17) is 5.73 Å². The number of sulfonamides is 1. The monoisotopic (exact) mass is 295 g/mol. The van der Waals surface area contributed by atoms with Gasteiger partial charge in [-0.1, -0.05) is 12.1 Å². The molecule has 2 aliphatic rings. The Kier molecular flexibility index (Phi) is 3.70. The van der Waals surface area contributed by atoms with Crippen LogP contribution >= 0.6 is 0 Å². The van der Waals surface area contributed by atoms with Gasteiger partial charge in [0.05, 0.1) is 5.69 Å². The zero-order valence-corrected chi connectivity index (χ0v) is 12.2. The van der Waals surface area contributed by atoms with Crippen molar-refractivity contribution in [3.63, 3.8) is 0 Å². The van der Waals surface area contributed by atoms with Crippen molar-refractivity contribution in [3.05, 3.63) is 24.3 Å². The van der Waals surface area contributed by atoms with E-state index in [-0.39, 0.29) is 18.1 Å². The summed E-state index contributed by atoms with van der Waals surface area (Å²) in [6, 6.07) is 7.43. The molecule has 2 aliphatic carbocycles. The fraction of sp³-hybridized carbons (Fsp3) is 0.571. The van der Waals surface area contributed by atoms with E-state index in [2.05, 4.69) is 10.0 Å². The molecule has 4 N–H and O–H groups in total. The molecule has 0 amide bonds. The fourth-order valence-corrected chi connectivity index (χ4v) is 4.15. The molecule has 2 saturated carbocycles. The second-order valence-corrected chi connectivity index (χ2v) is 7.42. The summed E-state index contributed by atoms with van der Waals surface area (Å²) in [7, 11) is -3.44. The van der Waals surface area contributed by atoms with Crippen molar-refractivity contribution in [1.82, 2.24) is 4.72 Å². The standard InChI is InChI=1S/C14H21N3O2S/c15-11-4-3-6-12(11)16-13-5-1-2-7-14(13)20(18,19)17-10-8-9-10/h1-2,5,7,10-12,16-17H,3-4,6,8-9,15H2. The molecular weight excluding hydrogens is 274 g/mol. The summed E-state index contributed by atoms with van der Waals surface area (Å²) in [5.41, 5.74) is 6.70. The molecule has 0 aromatic heterocycles.